The molecule has 0 spiro atoms. The third kappa shape index (κ3) is 3.77. The Balaban J connectivity index is 2.08. The predicted molar refractivity (Wildman–Crippen MR) is 76.8 cm³/mol. The third-order valence-corrected chi connectivity index (χ3v) is 3.82. The second-order valence-corrected chi connectivity index (χ2v) is 5.48. The van der Waals surface area contributed by atoms with E-state index in [1.165, 1.54) is 17.8 Å². The molecule has 1 heterocycles. The summed E-state index contributed by atoms with van der Waals surface area (Å²) in [6, 6.07) is 7.96. The molecule has 1 aromatic carbocycles. The van der Waals surface area contributed by atoms with E-state index in [0.717, 1.165) is 23.2 Å². The predicted octanol–water partition coefficient (Wildman–Crippen LogP) is 4.18. The fraction of sp³-hybridized carbons (Fsp3) is 0.267. The minimum Gasteiger partial charge on any atom is -0.310 e. The van der Waals surface area contributed by atoms with E-state index in [1.807, 2.05) is 12.1 Å². The lowest BCUT2D eigenvalue weighted by molar-refractivity contribution is 0.506. The summed E-state index contributed by atoms with van der Waals surface area (Å²) in [6.07, 6.45) is 1.80. The number of nitrogens with zero attached hydrogens (tertiary/aromatic N) is 1. The van der Waals surface area contributed by atoms with E-state index >= 15 is 0 Å². The molecule has 1 unspecified atom stereocenters. The van der Waals surface area contributed by atoms with Crippen molar-refractivity contribution in [3.63, 3.8) is 0 Å². The lowest BCUT2D eigenvalue weighted by Gasteiger charge is -2.12. The van der Waals surface area contributed by atoms with Crippen LogP contribution >= 0.6 is 11.8 Å². The zero-order valence-electron chi connectivity index (χ0n) is 11.4. The van der Waals surface area contributed by atoms with Gasteiger partial charge in [-0.05, 0) is 43.3 Å². The molecule has 1 aromatic heterocycles. The molecule has 2 aromatic rings. The number of pyridine rings is 1. The van der Waals surface area contributed by atoms with Crippen LogP contribution in [0.3, 0.4) is 0 Å². The summed E-state index contributed by atoms with van der Waals surface area (Å²) in [7, 11) is 0. The second kappa shape index (κ2) is 6.81. The van der Waals surface area contributed by atoms with Gasteiger partial charge >= 0.3 is 0 Å². The van der Waals surface area contributed by atoms with Crippen LogP contribution < -0.4 is 5.32 Å². The maximum atomic E-state index is 13.1. The molecule has 0 aliphatic heterocycles. The molecule has 1 atom stereocenters. The number of nitrogens with one attached hydrogen (secondary N) is 1. The number of rotatable bonds is 5. The Hall–Kier alpha value is -1.46. The van der Waals surface area contributed by atoms with E-state index in [4.69, 9.17) is 0 Å². The highest BCUT2D eigenvalue weighted by Gasteiger charge is 2.07. The van der Waals surface area contributed by atoms with E-state index in [9.17, 15) is 8.78 Å². The van der Waals surface area contributed by atoms with E-state index < -0.39 is 11.6 Å². The molecule has 0 aliphatic rings. The SMILES string of the molecule is CCNC(C)c1ccc(Sc2ccc(F)c(F)c2)nc1. The highest BCUT2D eigenvalue weighted by Crippen LogP contribution is 2.27. The number of hydrogen-bond donors (Lipinski definition) is 1. The number of aromatic nitrogens is 1. The highest BCUT2D eigenvalue weighted by atomic mass is 32.2. The van der Waals surface area contributed by atoms with Gasteiger partial charge in [0.2, 0.25) is 0 Å². The Morgan fingerprint density at radius 3 is 2.60 bits per heavy atom. The van der Waals surface area contributed by atoms with Crippen LogP contribution in [0.5, 0.6) is 0 Å². The van der Waals surface area contributed by atoms with Crippen LogP contribution in [-0.4, -0.2) is 11.5 Å². The molecule has 0 fully saturated rings. The molecule has 2 nitrogen and oxygen atoms in total. The van der Waals surface area contributed by atoms with Gasteiger partial charge in [-0.1, -0.05) is 24.8 Å². The molecular formula is C15H16F2N2S. The van der Waals surface area contributed by atoms with Crippen molar-refractivity contribution in [1.82, 2.24) is 10.3 Å². The van der Waals surface area contributed by atoms with Gasteiger partial charge in [-0.15, -0.1) is 0 Å². The van der Waals surface area contributed by atoms with Gasteiger partial charge in [0.05, 0.1) is 0 Å². The molecular weight excluding hydrogens is 278 g/mol. The van der Waals surface area contributed by atoms with Gasteiger partial charge in [0, 0.05) is 17.1 Å². The van der Waals surface area contributed by atoms with Gasteiger partial charge in [-0.25, -0.2) is 13.8 Å². The first-order chi connectivity index (χ1) is 9.60. The van der Waals surface area contributed by atoms with Gasteiger partial charge in [0.25, 0.3) is 0 Å². The van der Waals surface area contributed by atoms with Crippen molar-refractivity contribution in [2.45, 2.75) is 29.8 Å². The van der Waals surface area contributed by atoms with Crippen LogP contribution in [-0.2, 0) is 0 Å². The topological polar surface area (TPSA) is 24.9 Å². The smallest absolute Gasteiger partial charge is 0.159 e. The fourth-order valence-electron chi connectivity index (χ4n) is 1.79. The van der Waals surface area contributed by atoms with Crippen LogP contribution in [0.15, 0.2) is 46.5 Å². The number of benzene rings is 1. The first kappa shape index (κ1) is 14.9. The molecule has 20 heavy (non-hydrogen) atoms. The van der Waals surface area contributed by atoms with Crippen molar-refractivity contribution >= 4 is 11.8 Å². The standard InChI is InChI=1S/C15H16F2N2S/c1-3-18-10(2)11-4-7-15(19-9-11)20-12-5-6-13(16)14(17)8-12/h4-10,18H,3H2,1-2H3. The van der Waals surface area contributed by atoms with Crippen molar-refractivity contribution in [1.29, 1.82) is 0 Å². The Kier molecular flexibility index (Phi) is 5.09. The number of hydrogen-bond acceptors (Lipinski definition) is 3. The Labute approximate surface area is 121 Å². The van der Waals surface area contributed by atoms with Gasteiger partial charge in [0.1, 0.15) is 5.03 Å². The van der Waals surface area contributed by atoms with Crippen molar-refractivity contribution in [3.8, 4) is 0 Å². The van der Waals surface area contributed by atoms with Crippen LogP contribution in [0.1, 0.15) is 25.5 Å². The molecule has 0 bridgehead atoms. The van der Waals surface area contributed by atoms with Crippen LogP contribution in [0.4, 0.5) is 8.78 Å². The Bertz CT molecular complexity index is 573. The largest absolute Gasteiger partial charge is 0.310 e. The van der Waals surface area contributed by atoms with Crippen LogP contribution in [0.2, 0.25) is 0 Å². The average Bonchev–Trinajstić information content (AvgIpc) is 2.44. The summed E-state index contributed by atoms with van der Waals surface area (Å²) in [5, 5.41) is 4.06. The molecule has 0 saturated heterocycles. The van der Waals surface area contributed by atoms with Gasteiger partial charge in [-0.2, -0.15) is 0 Å². The quantitative estimate of drug-likeness (QED) is 0.895. The molecule has 1 N–H and O–H groups in total. The molecule has 106 valence electrons. The molecule has 5 heteroatoms. The summed E-state index contributed by atoms with van der Waals surface area (Å²) in [5.74, 6) is -1.68. The Morgan fingerprint density at radius 1 is 1.20 bits per heavy atom. The third-order valence-electron chi connectivity index (χ3n) is 2.88. The summed E-state index contributed by atoms with van der Waals surface area (Å²) in [6.45, 7) is 5.02. The summed E-state index contributed by atoms with van der Waals surface area (Å²) < 4.78 is 26.0. The average molecular weight is 294 g/mol. The van der Waals surface area contributed by atoms with E-state index in [-0.39, 0.29) is 6.04 Å². The molecule has 0 radical (unpaired) electrons. The minimum absolute atomic E-state index is 0.245. The van der Waals surface area contributed by atoms with Gasteiger partial charge in [-0.3, -0.25) is 0 Å². The minimum atomic E-state index is -0.840. The molecule has 0 amide bonds. The fourth-order valence-corrected chi connectivity index (χ4v) is 2.57. The zero-order valence-corrected chi connectivity index (χ0v) is 12.2. The first-order valence-electron chi connectivity index (χ1n) is 6.42. The maximum absolute atomic E-state index is 13.1. The monoisotopic (exact) mass is 294 g/mol. The van der Waals surface area contributed by atoms with Crippen LogP contribution in [0.25, 0.3) is 0 Å². The van der Waals surface area contributed by atoms with Crippen molar-refractivity contribution in [3.05, 3.63) is 53.7 Å². The summed E-state index contributed by atoms with van der Waals surface area (Å²) in [5.41, 5.74) is 1.10. The maximum Gasteiger partial charge on any atom is 0.159 e. The Morgan fingerprint density at radius 2 is 2.00 bits per heavy atom. The molecule has 0 aliphatic carbocycles. The summed E-state index contributed by atoms with van der Waals surface area (Å²) >= 11 is 1.31. The van der Waals surface area contributed by atoms with E-state index in [2.05, 4.69) is 24.1 Å². The lowest BCUT2D eigenvalue weighted by Crippen LogP contribution is -2.17. The van der Waals surface area contributed by atoms with Crippen molar-refractivity contribution in [2.24, 2.45) is 0 Å². The first-order valence-corrected chi connectivity index (χ1v) is 7.24. The van der Waals surface area contributed by atoms with Crippen molar-refractivity contribution in [2.75, 3.05) is 6.54 Å². The molecule has 0 saturated carbocycles. The van der Waals surface area contributed by atoms with E-state index in [0.29, 0.717) is 4.90 Å². The highest BCUT2D eigenvalue weighted by molar-refractivity contribution is 7.99. The zero-order chi connectivity index (χ0) is 14.5. The van der Waals surface area contributed by atoms with E-state index in [1.54, 1.807) is 12.3 Å². The lowest BCUT2D eigenvalue weighted by atomic mass is 10.1. The number of halogens is 2. The van der Waals surface area contributed by atoms with Crippen molar-refractivity contribution < 1.29 is 8.78 Å². The normalized spacial score (nSPS) is 12.4. The van der Waals surface area contributed by atoms with Crippen LogP contribution in [0, 0.1) is 11.6 Å². The second-order valence-electron chi connectivity index (χ2n) is 4.39. The molecule has 2 rings (SSSR count). The summed E-state index contributed by atoms with van der Waals surface area (Å²) in [4.78, 5) is 4.96. The van der Waals surface area contributed by atoms with Gasteiger partial charge in [0.15, 0.2) is 11.6 Å². The van der Waals surface area contributed by atoms with Gasteiger partial charge < -0.3 is 5.32 Å².